The van der Waals surface area contributed by atoms with Gasteiger partial charge < -0.3 is 29.9 Å². The number of fused-ring (bicyclic) bond motifs is 5. The number of esters is 2. The van der Waals surface area contributed by atoms with Gasteiger partial charge in [-0.3, -0.25) is 4.98 Å². The van der Waals surface area contributed by atoms with Gasteiger partial charge in [0.1, 0.15) is 29.0 Å². The highest BCUT2D eigenvalue weighted by atomic mass is 16.6. The Morgan fingerprint density at radius 3 is 2.51 bits per heavy atom. The molecule has 45 heavy (non-hydrogen) atoms. The maximum Gasteiger partial charge on any atom is 0.340 e. The number of carbonyl (C=O) groups excluding carboxylic acids is 2. The van der Waals surface area contributed by atoms with E-state index in [4.69, 9.17) is 9.47 Å². The summed E-state index contributed by atoms with van der Waals surface area (Å²) in [7, 11) is 0. The lowest BCUT2D eigenvalue weighted by Gasteiger charge is -2.67. The summed E-state index contributed by atoms with van der Waals surface area (Å²) in [6, 6.07) is 12.5. The van der Waals surface area contributed by atoms with E-state index in [-0.39, 0.29) is 31.2 Å². The largest absolute Gasteiger partial charge is 0.458 e. The Hall–Kier alpha value is -3.37. The van der Waals surface area contributed by atoms with Gasteiger partial charge in [-0.15, -0.1) is 0 Å². The lowest BCUT2D eigenvalue weighted by atomic mass is 9.42. The Morgan fingerprint density at radius 1 is 1.04 bits per heavy atom. The van der Waals surface area contributed by atoms with Gasteiger partial charge in [0.25, 0.3) is 0 Å². The van der Waals surface area contributed by atoms with Crippen molar-refractivity contribution in [2.75, 3.05) is 0 Å². The topological polar surface area (TPSA) is 146 Å². The molecule has 0 spiro atoms. The van der Waals surface area contributed by atoms with Crippen molar-refractivity contribution >= 4 is 18.0 Å². The summed E-state index contributed by atoms with van der Waals surface area (Å²) < 4.78 is 12.0. The minimum absolute atomic E-state index is 0.00241. The van der Waals surface area contributed by atoms with Crippen LogP contribution in [0.15, 0.2) is 72.6 Å². The average Bonchev–Trinajstić information content (AvgIpc) is 3.26. The van der Waals surface area contributed by atoms with E-state index in [1.165, 1.54) is 18.5 Å². The molecule has 1 aromatic carbocycles. The van der Waals surface area contributed by atoms with E-state index < -0.39 is 63.8 Å². The van der Waals surface area contributed by atoms with Crippen molar-refractivity contribution in [3.8, 4) is 0 Å². The molecule has 9 atom stereocenters. The summed E-state index contributed by atoms with van der Waals surface area (Å²) in [5.41, 5.74) is -5.62. The Labute approximate surface area is 263 Å². The first-order valence-electron chi connectivity index (χ1n) is 15.9. The van der Waals surface area contributed by atoms with Crippen LogP contribution in [0.25, 0.3) is 6.08 Å². The molecular formula is C36H43NO8. The Bertz CT molecular complexity index is 1510. The molecule has 0 bridgehead atoms. The van der Waals surface area contributed by atoms with Crippen LogP contribution in [0, 0.1) is 16.7 Å². The molecule has 1 heterocycles. The minimum atomic E-state index is -1.91. The van der Waals surface area contributed by atoms with Gasteiger partial charge in [0.15, 0.2) is 0 Å². The molecule has 9 nitrogen and oxygen atoms in total. The molecular weight excluding hydrogens is 574 g/mol. The molecule has 240 valence electrons. The molecule has 4 aliphatic rings. The number of aliphatic hydroxyl groups excluding tert-OH is 1. The number of nitrogens with zero attached hydrogens (tertiary/aromatic N) is 1. The van der Waals surface area contributed by atoms with Crippen molar-refractivity contribution < 1.29 is 39.5 Å². The second-order valence-corrected chi connectivity index (χ2v) is 13.9. The fourth-order valence-corrected chi connectivity index (χ4v) is 9.21. The van der Waals surface area contributed by atoms with Crippen LogP contribution in [-0.4, -0.2) is 72.5 Å². The van der Waals surface area contributed by atoms with Crippen LogP contribution in [0.4, 0.5) is 0 Å². The third-order valence-electron chi connectivity index (χ3n) is 12.0. The Morgan fingerprint density at radius 2 is 1.80 bits per heavy atom. The summed E-state index contributed by atoms with van der Waals surface area (Å²) in [4.78, 5) is 30.5. The second kappa shape index (κ2) is 11.2. The van der Waals surface area contributed by atoms with E-state index >= 15 is 0 Å². The predicted molar refractivity (Wildman–Crippen MR) is 165 cm³/mol. The summed E-state index contributed by atoms with van der Waals surface area (Å²) in [5, 5.41) is 48.6. The zero-order valence-electron chi connectivity index (χ0n) is 26.1. The maximum absolute atomic E-state index is 13.4. The fourth-order valence-electron chi connectivity index (χ4n) is 9.21. The highest BCUT2D eigenvalue weighted by Crippen LogP contribution is 2.71. The highest BCUT2D eigenvalue weighted by Gasteiger charge is 2.81. The van der Waals surface area contributed by atoms with E-state index in [1.54, 1.807) is 32.1 Å². The van der Waals surface area contributed by atoms with Crippen LogP contribution >= 0.6 is 0 Å². The van der Waals surface area contributed by atoms with Crippen molar-refractivity contribution in [3.63, 3.8) is 0 Å². The third-order valence-corrected chi connectivity index (χ3v) is 12.0. The smallest absolute Gasteiger partial charge is 0.340 e. The quantitative estimate of drug-likeness (QED) is 0.213. The summed E-state index contributed by atoms with van der Waals surface area (Å²) >= 11 is 0. The van der Waals surface area contributed by atoms with Gasteiger partial charge in [-0.25, -0.2) is 9.59 Å². The van der Waals surface area contributed by atoms with Gasteiger partial charge in [0.05, 0.1) is 17.1 Å². The zero-order valence-corrected chi connectivity index (χ0v) is 26.1. The number of pyridine rings is 1. The Balaban J connectivity index is 1.40. The summed E-state index contributed by atoms with van der Waals surface area (Å²) in [6.45, 7) is 5.27. The number of aromatic nitrogens is 1. The van der Waals surface area contributed by atoms with Crippen LogP contribution in [0.1, 0.15) is 81.6 Å². The number of hydrogen-bond donors (Lipinski definition) is 4. The zero-order chi connectivity index (χ0) is 32.3. The molecule has 0 radical (unpaired) electrons. The number of benzene rings is 1. The molecule has 3 saturated carbocycles. The van der Waals surface area contributed by atoms with E-state index in [9.17, 15) is 30.0 Å². The van der Waals surface area contributed by atoms with E-state index in [0.717, 1.165) is 11.1 Å². The third kappa shape index (κ3) is 4.70. The van der Waals surface area contributed by atoms with Gasteiger partial charge >= 0.3 is 11.9 Å². The SMILES string of the molecule is CC(OC(=O)c1cccnc1)[C@]1(O)CC[C@@]2(O)[C@]1(C)[C@H](OC(=O)/C=C/c1ccccc1)CC1[C@@]3(C)CC[C@H](O)CC3=CC[C@]12O. The lowest BCUT2D eigenvalue weighted by molar-refractivity contribution is -0.326. The van der Waals surface area contributed by atoms with Gasteiger partial charge in [0.2, 0.25) is 0 Å². The predicted octanol–water partition coefficient (Wildman–Crippen LogP) is 4.15. The molecule has 4 aliphatic carbocycles. The van der Waals surface area contributed by atoms with Gasteiger partial charge in [-0.05, 0) is 81.1 Å². The first-order chi connectivity index (χ1) is 21.3. The molecule has 2 unspecified atom stereocenters. The van der Waals surface area contributed by atoms with Crippen molar-refractivity contribution in [3.05, 3.63) is 83.7 Å². The van der Waals surface area contributed by atoms with Gasteiger partial charge in [-0.2, -0.15) is 0 Å². The second-order valence-electron chi connectivity index (χ2n) is 13.9. The van der Waals surface area contributed by atoms with Crippen LogP contribution in [0.3, 0.4) is 0 Å². The maximum atomic E-state index is 13.4. The molecule has 0 saturated heterocycles. The first-order valence-corrected chi connectivity index (χ1v) is 15.9. The van der Waals surface area contributed by atoms with Crippen LogP contribution in [-0.2, 0) is 14.3 Å². The lowest BCUT2D eigenvalue weighted by Crippen LogP contribution is -2.78. The first kappa shape index (κ1) is 31.6. The number of aliphatic hydroxyl groups is 4. The number of hydrogen-bond acceptors (Lipinski definition) is 9. The molecule has 1 aromatic heterocycles. The van der Waals surface area contributed by atoms with Crippen LogP contribution < -0.4 is 0 Å². The van der Waals surface area contributed by atoms with Gasteiger partial charge in [0, 0.05) is 24.4 Å². The van der Waals surface area contributed by atoms with E-state index in [1.807, 2.05) is 36.4 Å². The number of rotatable bonds is 6. The summed E-state index contributed by atoms with van der Waals surface area (Å²) in [5.74, 6) is -1.86. The molecule has 6 rings (SSSR count). The molecule has 3 fully saturated rings. The van der Waals surface area contributed by atoms with Gasteiger partial charge in [-0.1, -0.05) is 55.8 Å². The summed E-state index contributed by atoms with van der Waals surface area (Å²) in [6.07, 6.45) is 7.05. The molecule has 9 heteroatoms. The molecule has 0 aliphatic heterocycles. The van der Waals surface area contributed by atoms with E-state index in [0.29, 0.717) is 19.3 Å². The number of ether oxygens (including phenoxy) is 2. The van der Waals surface area contributed by atoms with Crippen LogP contribution in [0.2, 0.25) is 0 Å². The monoisotopic (exact) mass is 617 g/mol. The fraction of sp³-hybridized carbons (Fsp3) is 0.528. The molecule has 2 aromatic rings. The molecule has 0 amide bonds. The highest BCUT2D eigenvalue weighted by molar-refractivity contribution is 5.89. The Kier molecular flexibility index (Phi) is 7.84. The van der Waals surface area contributed by atoms with Crippen molar-refractivity contribution in [1.29, 1.82) is 0 Å². The standard InChI is InChI=1S/C36H43NO8/c1-23(44-31(40)25-10-7-19-37-22-25)34(41)17-18-36(43)33(34,3)29(45-30(39)12-11-24-8-5-4-6-9-24)21-28-32(2)15-14-27(38)20-26(32)13-16-35(28,36)42/h4-13,19,22-23,27-29,38,41-43H,14-18,20-21H2,1-3H3/b12-11+/t23?,27-,28?,29+,32-,33+,34+,35-,36+/m0/s1. The van der Waals surface area contributed by atoms with Crippen molar-refractivity contribution in [1.82, 2.24) is 4.98 Å². The van der Waals surface area contributed by atoms with Crippen LogP contribution in [0.5, 0.6) is 0 Å². The minimum Gasteiger partial charge on any atom is -0.458 e. The van der Waals surface area contributed by atoms with Crippen molar-refractivity contribution in [2.24, 2.45) is 16.7 Å². The molecule has 4 N–H and O–H groups in total. The normalized spacial score (nSPS) is 39.6. The average molecular weight is 618 g/mol. The van der Waals surface area contributed by atoms with Crippen molar-refractivity contribution in [2.45, 2.75) is 101 Å². The number of carbonyl (C=O) groups is 2. The van der Waals surface area contributed by atoms with E-state index in [2.05, 4.69) is 11.9 Å².